The van der Waals surface area contributed by atoms with Gasteiger partial charge in [0.25, 0.3) is 0 Å². The first-order valence-corrected chi connectivity index (χ1v) is 14.7. The van der Waals surface area contributed by atoms with Crippen molar-refractivity contribution < 1.29 is 35.9 Å². The zero-order valence-corrected chi connectivity index (χ0v) is 22.6. The molecule has 1 saturated heterocycles. The van der Waals surface area contributed by atoms with E-state index in [1.165, 1.54) is 4.90 Å². The van der Waals surface area contributed by atoms with E-state index in [9.17, 15) is 36.4 Å². The van der Waals surface area contributed by atoms with E-state index in [0.29, 0.717) is 12.8 Å². The third-order valence-corrected chi connectivity index (χ3v) is 10.2. The van der Waals surface area contributed by atoms with Gasteiger partial charge in [0, 0.05) is 25.1 Å². The molecule has 1 heterocycles. The summed E-state index contributed by atoms with van der Waals surface area (Å²) in [5.41, 5.74) is 4.96. The molecule has 3 aliphatic rings. The van der Waals surface area contributed by atoms with Crippen LogP contribution >= 0.6 is 11.6 Å². The summed E-state index contributed by atoms with van der Waals surface area (Å²) in [4.78, 5) is 27.5. The van der Waals surface area contributed by atoms with Gasteiger partial charge in [0.05, 0.1) is 21.2 Å². The van der Waals surface area contributed by atoms with Gasteiger partial charge in [-0.3, -0.25) is 9.59 Å². The minimum atomic E-state index is -4.58. The highest BCUT2D eigenvalue weighted by molar-refractivity contribution is 7.92. The molecule has 1 aliphatic heterocycles. The van der Waals surface area contributed by atoms with Crippen LogP contribution in [0.25, 0.3) is 0 Å². The van der Waals surface area contributed by atoms with Gasteiger partial charge in [-0.2, -0.15) is 18.4 Å². The van der Waals surface area contributed by atoms with Gasteiger partial charge in [-0.15, -0.1) is 0 Å². The first-order chi connectivity index (χ1) is 18.2. The van der Waals surface area contributed by atoms with Crippen molar-refractivity contribution in [1.82, 2.24) is 10.2 Å². The van der Waals surface area contributed by atoms with E-state index in [0.717, 1.165) is 43.9 Å². The zero-order chi connectivity index (χ0) is 28.6. The van der Waals surface area contributed by atoms with E-state index in [-0.39, 0.29) is 52.9 Å². The normalized spacial score (nSPS) is 26.5. The maximum atomic E-state index is 13.6. The van der Waals surface area contributed by atoms with Crippen molar-refractivity contribution in [2.75, 3.05) is 13.2 Å². The molecule has 2 unspecified atom stereocenters. The second-order valence-electron chi connectivity index (χ2n) is 10.6. The predicted octanol–water partition coefficient (Wildman–Crippen LogP) is 3.10. The van der Waals surface area contributed by atoms with Crippen molar-refractivity contribution in [3.63, 3.8) is 0 Å². The van der Waals surface area contributed by atoms with Crippen LogP contribution in [0.4, 0.5) is 13.2 Å². The number of alkyl halides is 3. The van der Waals surface area contributed by atoms with Gasteiger partial charge in [-0.25, -0.2) is 8.42 Å². The van der Waals surface area contributed by atoms with E-state index in [4.69, 9.17) is 17.3 Å². The molecule has 4 rings (SSSR count). The summed E-state index contributed by atoms with van der Waals surface area (Å²) < 4.78 is 69.2. The van der Waals surface area contributed by atoms with Gasteiger partial charge in [-0.05, 0) is 63.0 Å². The Kier molecular flexibility index (Phi) is 8.40. The first kappa shape index (κ1) is 29.4. The van der Waals surface area contributed by atoms with Crippen LogP contribution in [0.15, 0.2) is 23.1 Å². The second-order valence-corrected chi connectivity index (χ2v) is 13.2. The van der Waals surface area contributed by atoms with Crippen molar-refractivity contribution in [1.29, 1.82) is 5.26 Å². The Labute approximate surface area is 229 Å². The molecular weight excluding hydrogens is 561 g/mol. The first-order valence-electron chi connectivity index (χ1n) is 12.7. The van der Waals surface area contributed by atoms with E-state index in [2.05, 4.69) is 16.1 Å². The molecule has 0 spiro atoms. The highest BCUT2D eigenvalue weighted by atomic mass is 35.5. The highest BCUT2D eigenvalue weighted by Crippen LogP contribution is 2.38. The average molecular weight is 591 g/mol. The molecule has 3 N–H and O–H groups in total. The Morgan fingerprint density at radius 1 is 1.23 bits per heavy atom. The number of nitrogens with two attached hydrogens (primary N) is 1. The van der Waals surface area contributed by atoms with Crippen LogP contribution in [-0.2, 0) is 19.4 Å². The molecule has 0 bridgehead atoms. The Morgan fingerprint density at radius 3 is 2.46 bits per heavy atom. The number of carbonyl (C=O) groups excluding carboxylic acids is 2. The summed E-state index contributed by atoms with van der Waals surface area (Å²) in [6.45, 7) is -1.82. The molecule has 39 heavy (non-hydrogen) atoms. The molecule has 1 aromatic rings. The van der Waals surface area contributed by atoms with Crippen molar-refractivity contribution in [2.24, 2.45) is 11.7 Å². The summed E-state index contributed by atoms with van der Waals surface area (Å²) >= 11 is 6.15. The fourth-order valence-electron chi connectivity index (χ4n) is 5.16. The van der Waals surface area contributed by atoms with Gasteiger partial charge < -0.3 is 20.7 Å². The van der Waals surface area contributed by atoms with E-state index < -0.39 is 45.4 Å². The zero-order valence-electron chi connectivity index (χ0n) is 21.0. The van der Waals surface area contributed by atoms with E-state index in [1.54, 1.807) is 0 Å². The van der Waals surface area contributed by atoms with E-state index in [1.807, 2.05) is 0 Å². The molecule has 1 aromatic carbocycles. The number of rotatable bonds is 8. The molecule has 0 aromatic heterocycles. The number of amides is 2. The number of nitrogens with one attached hydrogen (secondary N) is 1. The number of benzene rings is 1. The van der Waals surface area contributed by atoms with Crippen LogP contribution in [-0.4, -0.2) is 67.3 Å². The summed E-state index contributed by atoms with van der Waals surface area (Å²) in [6, 6.07) is 4.17. The lowest BCUT2D eigenvalue weighted by atomic mass is 9.84. The summed E-state index contributed by atoms with van der Waals surface area (Å²) in [6.07, 6.45) is -0.615. The Hall–Kier alpha value is -2.56. The number of likely N-dealkylation sites (tertiary alicyclic amines) is 1. The molecule has 2 saturated carbocycles. The van der Waals surface area contributed by atoms with Crippen LogP contribution in [0.5, 0.6) is 5.75 Å². The number of hydrogen-bond acceptors (Lipinski definition) is 7. The fraction of sp³-hybridized carbons (Fsp3) is 0.640. The average Bonchev–Trinajstić information content (AvgIpc) is 3.48. The van der Waals surface area contributed by atoms with Crippen LogP contribution in [0.3, 0.4) is 0 Å². The molecule has 14 heteroatoms. The number of carbonyl (C=O) groups is 2. The number of ether oxygens (including phenoxy) is 1. The van der Waals surface area contributed by atoms with Gasteiger partial charge >= 0.3 is 6.18 Å². The van der Waals surface area contributed by atoms with Crippen LogP contribution < -0.4 is 15.8 Å². The van der Waals surface area contributed by atoms with Crippen LogP contribution in [0.2, 0.25) is 5.02 Å². The van der Waals surface area contributed by atoms with Gasteiger partial charge in [0.2, 0.25) is 11.8 Å². The molecule has 2 amide bonds. The number of halogens is 4. The Bertz CT molecular complexity index is 1260. The monoisotopic (exact) mass is 590 g/mol. The lowest BCUT2D eigenvalue weighted by molar-refractivity contribution is -0.153. The quantitative estimate of drug-likeness (QED) is 0.474. The van der Waals surface area contributed by atoms with Crippen LogP contribution in [0, 0.1) is 17.2 Å². The van der Waals surface area contributed by atoms with Crippen molar-refractivity contribution in [3.05, 3.63) is 23.2 Å². The lowest BCUT2D eigenvalue weighted by Gasteiger charge is -2.29. The lowest BCUT2D eigenvalue weighted by Crippen LogP contribution is -2.49. The van der Waals surface area contributed by atoms with Gasteiger partial charge in [-0.1, -0.05) is 11.6 Å². The molecule has 2 aliphatic carbocycles. The number of sulfone groups is 1. The van der Waals surface area contributed by atoms with Crippen LogP contribution in [0.1, 0.15) is 51.4 Å². The van der Waals surface area contributed by atoms with Crippen molar-refractivity contribution >= 4 is 33.3 Å². The van der Waals surface area contributed by atoms with Crippen molar-refractivity contribution in [3.8, 4) is 11.8 Å². The minimum Gasteiger partial charge on any atom is -0.484 e. The predicted molar refractivity (Wildman–Crippen MR) is 134 cm³/mol. The van der Waals surface area contributed by atoms with Crippen molar-refractivity contribution in [2.45, 2.75) is 85.3 Å². The molecule has 2 atom stereocenters. The maximum absolute atomic E-state index is 13.6. The molecule has 9 nitrogen and oxygen atoms in total. The Morgan fingerprint density at radius 2 is 1.90 bits per heavy atom. The SMILES string of the molecule is N#CC1(NC(=O)C2CC(S(=O)(=O)c3ccc(OCC(F)(F)F)cc3Cl)CN2C(=O)CC2CCC(N)CC2)CC1. The van der Waals surface area contributed by atoms with E-state index >= 15 is 0 Å². The fourth-order valence-corrected chi connectivity index (χ4v) is 7.39. The summed E-state index contributed by atoms with van der Waals surface area (Å²) in [5.74, 6) is -1.12. The summed E-state index contributed by atoms with van der Waals surface area (Å²) in [7, 11) is -4.20. The van der Waals surface area contributed by atoms with Gasteiger partial charge in [0.15, 0.2) is 16.4 Å². The Balaban J connectivity index is 1.53. The number of nitrogens with zero attached hydrogens (tertiary/aromatic N) is 2. The molecule has 0 radical (unpaired) electrons. The third kappa shape index (κ3) is 6.96. The summed E-state index contributed by atoms with van der Waals surface area (Å²) in [5, 5.41) is 10.5. The highest BCUT2D eigenvalue weighted by Gasteiger charge is 2.50. The topological polar surface area (TPSA) is 143 Å². The molecule has 214 valence electrons. The smallest absolute Gasteiger partial charge is 0.422 e. The second kappa shape index (κ2) is 11.1. The third-order valence-electron chi connectivity index (χ3n) is 7.62. The molecular formula is C25H30ClF3N4O5S. The molecule has 3 fully saturated rings. The number of nitriles is 1. The van der Waals surface area contributed by atoms with Gasteiger partial charge in [0.1, 0.15) is 17.3 Å². The maximum Gasteiger partial charge on any atom is 0.422 e. The minimum absolute atomic E-state index is 0.0734. The largest absolute Gasteiger partial charge is 0.484 e. The standard InChI is InChI=1S/C25H30ClF3N4O5S/c26-19-10-17(38-14-25(27,28)29)5-6-21(19)39(36,37)18-11-20(23(35)32-24(13-30)7-8-24)33(12-18)22(34)9-15-1-3-16(31)4-2-15/h5-6,10,15-16,18,20H,1-4,7-9,11-12,14,31H2,(H,32,35). The number of hydrogen-bond donors (Lipinski definition) is 2.